The number of benzene rings is 1. The first-order chi connectivity index (χ1) is 11.3. The molecule has 1 aliphatic carbocycles. The summed E-state index contributed by atoms with van der Waals surface area (Å²) in [6.07, 6.45) is 2.39. The molecule has 0 spiro atoms. The summed E-state index contributed by atoms with van der Waals surface area (Å²) >= 11 is 0. The minimum Gasteiger partial charge on any atom is -0.377 e. The van der Waals surface area contributed by atoms with Gasteiger partial charge in [0.25, 0.3) is 0 Å². The van der Waals surface area contributed by atoms with Crippen molar-refractivity contribution in [2.75, 3.05) is 45.0 Å². The van der Waals surface area contributed by atoms with Crippen LogP contribution in [0.15, 0.2) is 18.2 Å². The van der Waals surface area contributed by atoms with E-state index in [1.807, 2.05) is 52.1 Å². The van der Waals surface area contributed by atoms with Crippen LogP contribution in [0.5, 0.6) is 0 Å². The first kappa shape index (κ1) is 18.3. The molecule has 0 bridgehead atoms. The van der Waals surface area contributed by atoms with Gasteiger partial charge in [0.15, 0.2) is 0 Å². The number of aryl methyl sites for hydroxylation is 1. The summed E-state index contributed by atoms with van der Waals surface area (Å²) in [5.41, 5.74) is 2.75. The predicted molar refractivity (Wildman–Crippen MR) is 97.3 cm³/mol. The van der Waals surface area contributed by atoms with Gasteiger partial charge in [-0.2, -0.15) is 0 Å². The zero-order valence-corrected chi connectivity index (χ0v) is 15.2. The van der Waals surface area contributed by atoms with Crippen LogP contribution < -0.4 is 15.5 Å². The molecule has 2 rings (SSSR count). The number of rotatable bonds is 6. The van der Waals surface area contributed by atoms with E-state index in [2.05, 4.69) is 15.5 Å². The van der Waals surface area contributed by atoms with Gasteiger partial charge >= 0.3 is 11.8 Å². The summed E-state index contributed by atoms with van der Waals surface area (Å²) in [7, 11) is 7.94. The molecule has 1 atom stereocenters. The number of anilines is 2. The molecule has 0 unspecified atom stereocenters. The molecule has 1 aliphatic rings. The third-order valence-corrected chi connectivity index (χ3v) is 4.44. The van der Waals surface area contributed by atoms with Crippen molar-refractivity contribution in [1.82, 2.24) is 10.2 Å². The van der Waals surface area contributed by atoms with Gasteiger partial charge in [0, 0.05) is 38.1 Å². The Morgan fingerprint density at radius 1 is 1.17 bits per heavy atom. The summed E-state index contributed by atoms with van der Waals surface area (Å²) in [5.74, 6) is -0.582. The minimum atomic E-state index is -0.625. The van der Waals surface area contributed by atoms with Crippen molar-refractivity contribution in [2.45, 2.75) is 25.8 Å². The molecule has 24 heavy (non-hydrogen) atoms. The van der Waals surface area contributed by atoms with E-state index in [9.17, 15) is 9.59 Å². The summed E-state index contributed by atoms with van der Waals surface area (Å²) in [6.45, 7) is 2.48. The third kappa shape index (κ3) is 4.71. The molecule has 0 aliphatic heterocycles. The molecule has 132 valence electrons. The molecular formula is C18H28N4O2. The van der Waals surface area contributed by atoms with Crippen molar-refractivity contribution in [1.29, 1.82) is 0 Å². The molecule has 0 saturated heterocycles. The summed E-state index contributed by atoms with van der Waals surface area (Å²) in [4.78, 5) is 28.2. The van der Waals surface area contributed by atoms with E-state index >= 15 is 0 Å². The van der Waals surface area contributed by atoms with E-state index in [-0.39, 0.29) is 0 Å². The number of carbonyl (C=O) groups excluding carboxylic acids is 2. The van der Waals surface area contributed by atoms with Gasteiger partial charge in [0.1, 0.15) is 0 Å². The van der Waals surface area contributed by atoms with Crippen molar-refractivity contribution in [3.05, 3.63) is 23.8 Å². The molecule has 1 fully saturated rings. The molecule has 0 radical (unpaired) electrons. The maximum atomic E-state index is 12.1. The Morgan fingerprint density at radius 2 is 1.83 bits per heavy atom. The highest BCUT2D eigenvalue weighted by atomic mass is 16.2. The van der Waals surface area contributed by atoms with Crippen molar-refractivity contribution in [3.63, 3.8) is 0 Å². The highest BCUT2D eigenvalue weighted by Crippen LogP contribution is 2.34. The first-order valence-corrected chi connectivity index (χ1v) is 8.33. The fourth-order valence-electron chi connectivity index (χ4n) is 2.95. The van der Waals surface area contributed by atoms with Crippen LogP contribution in [0, 0.1) is 12.8 Å². The largest absolute Gasteiger partial charge is 0.377 e. The van der Waals surface area contributed by atoms with Gasteiger partial charge in [-0.15, -0.1) is 0 Å². The SMILES string of the molecule is Cc1cc(NC(=O)C(=O)NC[C@H](C2CC2)N(C)C)ccc1N(C)C. The van der Waals surface area contributed by atoms with Crippen LogP contribution in [0.25, 0.3) is 0 Å². The molecule has 0 heterocycles. The molecule has 2 amide bonds. The third-order valence-electron chi connectivity index (χ3n) is 4.44. The van der Waals surface area contributed by atoms with Gasteiger partial charge in [-0.3, -0.25) is 9.59 Å². The highest BCUT2D eigenvalue weighted by molar-refractivity contribution is 6.39. The van der Waals surface area contributed by atoms with Gasteiger partial charge in [0.2, 0.25) is 0 Å². The second-order valence-electron chi connectivity index (χ2n) is 6.93. The molecule has 1 aromatic carbocycles. The van der Waals surface area contributed by atoms with Gasteiger partial charge in [-0.1, -0.05) is 0 Å². The van der Waals surface area contributed by atoms with E-state index in [1.54, 1.807) is 6.07 Å². The van der Waals surface area contributed by atoms with E-state index in [1.165, 1.54) is 12.8 Å². The second-order valence-corrected chi connectivity index (χ2v) is 6.93. The monoisotopic (exact) mass is 332 g/mol. The fraction of sp³-hybridized carbons (Fsp3) is 0.556. The number of likely N-dealkylation sites (N-methyl/N-ethyl adjacent to an activating group) is 1. The highest BCUT2D eigenvalue weighted by Gasteiger charge is 2.33. The molecule has 6 heteroatoms. The Bertz CT molecular complexity index is 607. The van der Waals surface area contributed by atoms with E-state index in [4.69, 9.17) is 0 Å². The van der Waals surface area contributed by atoms with Crippen LogP contribution in [-0.2, 0) is 9.59 Å². The Balaban J connectivity index is 1.89. The second kappa shape index (κ2) is 7.66. The van der Waals surface area contributed by atoms with Crippen molar-refractivity contribution in [3.8, 4) is 0 Å². The summed E-state index contributed by atoms with van der Waals surface area (Å²) in [5, 5.41) is 5.41. The van der Waals surface area contributed by atoms with Crippen molar-refractivity contribution < 1.29 is 9.59 Å². The van der Waals surface area contributed by atoms with Gasteiger partial charge in [-0.05, 0) is 63.5 Å². The van der Waals surface area contributed by atoms with Gasteiger partial charge in [-0.25, -0.2) is 0 Å². The van der Waals surface area contributed by atoms with E-state index < -0.39 is 11.8 Å². The molecule has 6 nitrogen and oxygen atoms in total. The molecule has 0 aromatic heterocycles. The van der Waals surface area contributed by atoms with E-state index in [0.29, 0.717) is 24.2 Å². The number of hydrogen-bond acceptors (Lipinski definition) is 4. The number of nitrogens with one attached hydrogen (secondary N) is 2. The zero-order valence-electron chi connectivity index (χ0n) is 15.2. The Hall–Kier alpha value is -2.08. The quantitative estimate of drug-likeness (QED) is 0.774. The first-order valence-electron chi connectivity index (χ1n) is 8.33. The lowest BCUT2D eigenvalue weighted by Gasteiger charge is -2.24. The minimum absolute atomic E-state index is 0.295. The smallest absolute Gasteiger partial charge is 0.313 e. The van der Waals surface area contributed by atoms with Crippen LogP contribution in [0.3, 0.4) is 0 Å². The normalized spacial score (nSPS) is 15.1. The maximum Gasteiger partial charge on any atom is 0.313 e. The molecule has 1 aromatic rings. The van der Waals surface area contributed by atoms with Gasteiger partial charge in [0.05, 0.1) is 0 Å². The lowest BCUT2D eigenvalue weighted by molar-refractivity contribution is -0.136. The van der Waals surface area contributed by atoms with Crippen LogP contribution in [0.4, 0.5) is 11.4 Å². The maximum absolute atomic E-state index is 12.1. The van der Waals surface area contributed by atoms with Crippen LogP contribution in [-0.4, -0.2) is 57.5 Å². The summed E-state index contributed by atoms with van der Waals surface area (Å²) < 4.78 is 0. The average molecular weight is 332 g/mol. The number of hydrogen-bond donors (Lipinski definition) is 2. The number of amides is 2. The zero-order chi connectivity index (χ0) is 17.9. The van der Waals surface area contributed by atoms with Crippen LogP contribution in [0.2, 0.25) is 0 Å². The predicted octanol–water partition coefficient (Wildman–Crippen LogP) is 1.46. The van der Waals surface area contributed by atoms with Gasteiger partial charge < -0.3 is 20.4 Å². The molecular weight excluding hydrogens is 304 g/mol. The Labute approximate surface area is 144 Å². The lowest BCUT2D eigenvalue weighted by Crippen LogP contribution is -2.45. The Morgan fingerprint density at radius 3 is 2.33 bits per heavy atom. The fourth-order valence-corrected chi connectivity index (χ4v) is 2.95. The molecule has 2 N–H and O–H groups in total. The van der Waals surface area contributed by atoms with E-state index in [0.717, 1.165) is 11.3 Å². The van der Waals surface area contributed by atoms with Crippen molar-refractivity contribution in [2.24, 2.45) is 5.92 Å². The topological polar surface area (TPSA) is 64.7 Å². The Kier molecular flexibility index (Phi) is 5.83. The molecule has 1 saturated carbocycles. The van der Waals surface area contributed by atoms with Crippen molar-refractivity contribution >= 4 is 23.2 Å². The standard InChI is InChI=1S/C18H28N4O2/c1-12-10-14(8-9-15(12)21(2)3)20-18(24)17(23)19-11-16(22(4)5)13-6-7-13/h8-10,13,16H,6-7,11H2,1-5H3,(H,19,23)(H,20,24)/t16-/m1/s1. The number of nitrogens with zero attached hydrogens (tertiary/aromatic N) is 2. The van der Waals surface area contributed by atoms with Crippen LogP contribution in [0.1, 0.15) is 18.4 Å². The van der Waals surface area contributed by atoms with Crippen LogP contribution >= 0.6 is 0 Å². The number of carbonyl (C=O) groups is 2. The average Bonchev–Trinajstić information content (AvgIpc) is 3.31. The lowest BCUT2D eigenvalue weighted by atomic mass is 10.1. The summed E-state index contributed by atoms with van der Waals surface area (Å²) in [6, 6.07) is 5.90.